The Kier molecular flexibility index (Phi) is 6.41. The molecule has 0 radical (unpaired) electrons. The van der Waals surface area contributed by atoms with Crippen molar-refractivity contribution in [2.75, 3.05) is 0 Å². The molecule has 1 saturated carbocycles. The third kappa shape index (κ3) is 5.14. The lowest BCUT2D eigenvalue weighted by Crippen LogP contribution is -2.24. The summed E-state index contributed by atoms with van der Waals surface area (Å²) in [5.74, 6) is 0.679. The molecule has 9 heteroatoms. The van der Waals surface area contributed by atoms with Crippen LogP contribution in [0.15, 0.2) is 4.52 Å². The van der Waals surface area contributed by atoms with Gasteiger partial charge in [0.1, 0.15) is 0 Å². The van der Waals surface area contributed by atoms with Crippen molar-refractivity contribution in [3.8, 4) is 11.6 Å². The molecule has 2 heterocycles. The van der Waals surface area contributed by atoms with Crippen LogP contribution in [-0.4, -0.2) is 41.4 Å². The largest absolute Gasteiger partial charge is 0.481 e. The number of hydrogen-bond donors (Lipinski definition) is 1. The Morgan fingerprint density at radius 2 is 2.04 bits per heavy atom. The molecule has 1 unspecified atom stereocenters. The number of rotatable bonds is 8. The van der Waals surface area contributed by atoms with Crippen LogP contribution in [0.25, 0.3) is 11.6 Å². The minimum absolute atomic E-state index is 0.0173. The third-order valence-corrected chi connectivity index (χ3v) is 5.41. The Balaban J connectivity index is 1.69. The van der Waals surface area contributed by atoms with Gasteiger partial charge in [-0.3, -0.25) is 4.79 Å². The van der Waals surface area contributed by atoms with E-state index in [9.17, 15) is 9.90 Å². The maximum absolute atomic E-state index is 11.3. The smallest absolute Gasteiger partial charge is 0.304 e. The zero-order valence-electron chi connectivity index (χ0n) is 17.0. The van der Waals surface area contributed by atoms with Gasteiger partial charge in [0.2, 0.25) is 17.5 Å². The summed E-state index contributed by atoms with van der Waals surface area (Å²) >= 11 is 0. The van der Waals surface area contributed by atoms with Crippen molar-refractivity contribution >= 4 is 5.97 Å². The van der Waals surface area contributed by atoms with E-state index in [0.29, 0.717) is 11.7 Å². The number of aliphatic carboxylic acids is 1. The van der Waals surface area contributed by atoms with Crippen LogP contribution in [0.3, 0.4) is 0 Å². The lowest BCUT2D eigenvalue weighted by molar-refractivity contribution is -0.137. The molecule has 0 aliphatic heterocycles. The molecular weight excluding hydrogens is 360 g/mol. The van der Waals surface area contributed by atoms with Gasteiger partial charge < -0.3 is 9.63 Å². The van der Waals surface area contributed by atoms with Gasteiger partial charge in [0, 0.05) is 5.92 Å². The lowest BCUT2D eigenvalue weighted by Gasteiger charge is -2.21. The standard InChI is InChI=1S/C19H30N6O3/c1-19(2,3)25-17(21-23-24-25)16-20-18(28-22-16)14(12-15(26)27)11-7-10-13-8-5-4-6-9-13/h13-14H,4-12H2,1-3H3,(H,26,27). The van der Waals surface area contributed by atoms with Crippen molar-refractivity contribution in [3.05, 3.63) is 5.89 Å². The van der Waals surface area contributed by atoms with Crippen LogP contribution in [0.2, 0.25) is 0 Å². The number of tetrazole rings is 1. The van der Waals surface area contributed by atoms with E-state index in [1.165, 1.54) is 32.1 Å². The van der Waals surface area contributed by atoms with Gasteiger partial charge in [-0.15, -0.1) is 5.10 Å². The topological polar surface area (TPSA) is 120 Å². The minimum atomic E-state index is -0.859. The van der Waals surface area contributed by atoms with E-state index >= 15 is 0 Å². The molecule has 28 heavy (non-hydrogen) atoms. The summed E-state index contributed by atoms with van der Waals surface area (Å²) in [6.45, 7) is 5.94. The summed E-state index contributed by atoms with van der Waals surface area (Å²) in [6, 6.07) is 0. The van der Waals surface area contributed by atoms with Crippen LogP contribution in [0.4, 0.5) is 0 Å². The maximum Gasteiger partial charge on any atom is 0.304 e. The highest BCUT2D eigenvalue weighted by Crippen LogP contribution is 2.31. The van der Waals surface area contributed by atoms with Gasteiger partial charge in [0.15, 0.2) is 0 Å². The molecule has 1 fully saturated rings. The summed E-state index contributed by atoms with van der Waals surface area (Å²) in [4.78, 5) is 15.8. The van der Waals surface area contributed by atoms with Crippen molar-refractivity contribution in [3.63, 3.8) is 0 Å². The molecule has 154 valence electrons. The fourth-order valence-corrected chi connectivity index (χ4v) is 3.92. The molecular formula is C19H30N6O3. The number of carboxylic acids is 1. The molecule has 1 N–H and O–H groups in total. The zero-order chi connectivity index (χ0) is 20.1. The van der Waals surface area contributed by atoms with Crippen LogP contribution >= 0.6 is 0 Å². The summed E-state index contributed by atoms with van der Waals surface area (Å²) in [7, 11) is 0. The van der Waals surface area contributed by atoms with E-state index in [0.717, 1.165) is 25.2 Å². The van der Waals surface area contributed by atoms with Crippen molar-refractivity contribution in [2.24, 2.45) is 5.92 Å². The van der Waals surface area contributed by atoms with Crippen LogP contribution in [0, 0.1) is 5.92 Å². The van der Waals surface area contributed by atoms with E-state index in [2.05, 4.69) is 25.7 Å². The SMILES string of the molecule is CC(C)(C)n1nnnc1-c1noc(C(CCCC2CCCCC2)CC(=O)O)n1. The van der Waals surface area contributed by atoms with Gasteiger partial charge in [0.25, 0.3) is 0 Å². The van der Waals surface area contributed by atoms with E-state index < -0.39 is 5.97 Å². The number of aromatic nitrogens is 6. The van der Waals surface area contributed by atoms with Gasteiger partial charge in [-0.1, -0.05) is 50.1 Å². The van der Waals surface area contributed by atoms with Gasteiger partial charge in [-0.05, 0) is 43.5 Å². The number of carboxylic acid groups (broad SMARTS) is 1. The molecule has 0 spiro atoms. The molecule has 0 amide bonds. The zero-order valence-corrected chi connectivity index (χ0v) is 17.0. The van der Waals surface area contributed by atoms with Crippen LogP contribution < -0.4 is 0 Å². The molecule has 2 aromatic heterocycles. The van der Waals surface area contributed by atoms with E-state index in [4.69, 9.17) is 4.52 Å². The molecule has 0 bridgehead atoms. The van der Waals surface area contributed by atoms with E-state index in [-0.39, 0.29) is 23.7 Å². The monoisotopic (exact) mass is 390 g/mol. The second-order valence-corrected chi connectivity index (χ2v) is 8.77. The Labute approximate surface area is 164 Å². The minimum Gasteiger partial charge on any atom is -0.481 e. The fraction of sp³-hybridized carbons (Fsp3) is 0.789. The first-order valence-electron chi connectivity index (χ1n) is 10.2. The average Bonchev–Trinajstić information content (AvgIpc) is 3.30. The summed E-state index contributed by atoms with van der Waals surface area (Å²) in [5.41, 5.74) is -0.333. The molecule has 1 aliphatic carbocycles. The average molecular weight is 390 g/mol. The third-order valence-electron chi connectivity index (χ3n) is 5.41. The molecule has 0 aromatic carbocycles. The van der Waals surface area contributed by atoms with Crippen LogP contribution in [-0.2, 0) is 10.3 Å². The van der Waals surface area contributed by atoms with Crippen molar-refractivity contribution in [1.29, 1.82) is 0 Å². The number of nitrogens with zero attached hydrogens (tertiary/aromatic N) is 6. The Morgan fingerprint density at radius 3 is 2.71 bits per heavy atom. The summed E-state index contributed by atoms with van der Waals surface area (Å²) in [6.07, 6.45) is 9.40. The van der Waals surface area contributed by atoms with Crippen LogP contribution in [0.1, 0.15) is 90.4 Å². The predicted molar refractivity (Wildman–Crippen MR) is 102 cm³/mol. The first kappa shape index (κ1) is 20.4. The molecule has 9 nitrogen and oxygen atoms in total. The van der Waals surface area contributed by atoms with E-state index in [1.54, 1.807) is 4.68 Å². The molecule has 3 rings (SSSR count). The highest BCUT2D eigenvalue weighted by atomic mass is 16.5. The normalized spacial score (nSPS) is 17.0. The lowest BCUT2D eigenvalue weighted by atomic mass is 9.84. The number of hydrogen-bond acceptors (Lipinski definition) is 7. The highest BCUT2D eigenvalue weighted by molar-refractivity contribution is 5.67. The molecule has 2 aromatic rings. The van der Waals surface area contributed by atoms with Crippen molar-refractivity contribution < 1.29 is 14.4 Å². The molecule has 0 saturated heterocycles. The first-order chi connectivity index (χ1) is 13.3. The highest BCUT2D eigenvalue weighted by Gasteiger charge is 2.27. The second-order valence-electron chi connectivity index (χ2n) is 8.77. The maximum atomic E-state index is 11.3. The Bertz CT molecular complexity index is 773. The quantitative estimate of drug-likeness (QED) is 0.723. The second kappa shape index (κ2) is 8.79. The molecule has 1 atom stereocenters. The van der Waals surface area contributed by atoms with Crippen molar-refractivity contribution in [2.45, 2.75) is 90.0 Å². The summed E-state index contributed by atoms with van der Waals surface area (Å²) in [5, 5.41) is 25.1. The predicted octanol–water partition coefficient (Wildman–Crippen LogP) is 3.79. The van der Waals surface area contributed by atoms with Crippen LogP contribution in [0.5, 0.6) is 0 Å². The van der Waals surface area contributed by atoms with Crippen molar-refractivity contribution in [1.82, 2.24) is 30.3 Å². The van der Waals surface area contributed by atoms with Gasteiger partial charge >= 0.3 is 5.97 Å². The van der Waals surface area contributed by atoms with Gasteiger partial charge in [0.05, 0.1) is 12.0 Å². The van der Waals surface area contributed by atoms with E-state index in [1.807, 2.05) is 20.8 Å². The van der Waals surface area contributed by atoms with Gasteiger partial charge in [-0.25, -0.2) is 4.68 Å². The fourth-order valence-electron chi connectivity index (χ4n) is 3.92. The Hall–Kier alpha value is -2.32. The number of carbonyl (C=O) groups is 1. The summed E-state index contributed by atoms with van der Waals surface area (Å²) < 4.78 is 7.06. The first-order valence-corrected chi connectivity index (χ1v) is 10.2. The van der Waals surface area contributed by atoms with Gasteiger partial charge in [-0.2, -0.15) is 4.98 Å². The Morgan fingerprint density at radius 1 is 1.29 bits per heavy atom. The molecule has 1 aliphatic rings.